The van der Waals surface area contributed by atoms with Gasteiger partial charge < -0.3 is 25.2 Å². The van der Waals surface area contributed by atoms with E-state index in [2.05, 4.69) is 39.8 Å². The van der Waals surface area contributed by atoms with Crippen LogP contribution in [0, 0.1) is 0 Å². The van der Waals surface area contributed by atoms with Gasteiger partial charge in [0.2, 0.25) is 0 Å². The number of nitrogens with one attached hydrogen (secondary N) is 3. The Morgan fingerprint density at radius 1 is 1.12 bits per heavy atom. The van der Waals surface area contributed by atoms with Crippen molar-refractivity contribution < 1.29 is 19.2 Å². The van der Waals surface area contributed by atoms with Crippen molar-refractivity contribution in [3.8, 4) is 0 Å². The molecule has 2 rings (SSSR count). The number of hydrogen-bond acceptors (Lipinski definition) is 4. The van der Waals surface area contributed by atoms with Gasteiger partial charge in [0.1, 0.15) is 19.1 Å². The van der Waals surface area contributed by atoms with E-state index in [1.807, 2.05) is 14.1 Å². The van der Waals surface area contributed by atoms with Crippen LogP contribution < -0.4 is 20.4 Å². The second-order valence-electron chi connectivity index (χ2n) is 6.38. The molecule has 1 atom stereocenters. The lowest BCUT2D eigenvalue weighted by atomic mass is 10.0. The highest BCUT2D eigenvalue weighted by Crippen LogP contribution is 2.16. The van der Waals surface area contributed by atoms with E-state index in [4.69, 9.17) is 4.74 Å². The molecule has 0 aromatic heterocycles. The average molecular weight is 349 g/mol. The quantitative estimate of drug-likeness (QED) is 0.574. The molecule has 2 amide bonds. The number of anilines is 1. The molecule has 1 fully saturated rings. The van der Waals surface area contributed by atoms with Crippen LogP contribution in [0.15, 0.2) is 24.3 Å². The smallest absolute Gasteiger partial charge is 0.309 e. The molecular formula is C18H29N4O3+. The fourth-order valence-electron chi connectivity index (χ4n) is 3.00. The molecule has 0 saturated carbocycles. The van der Waals surface area contributed by atoms with Crippen molar-refractivity contribution in [3.05, 3.63) is 29.8 Å². The van der Waals surface area contributed by atoms with E-state index in [1.165, 1.54) is 4.90 Å². The SMILES string of the molecule is CCNC(=O)C(=O)NC[C@@H](c1ccc(N(C)C)cc1)[NH+]1CCOCC1. The van der Waals surface area contributed by atoms with Crippen molar-refractivity contribution in [2.75, 3.05) is 58.4 Å². The number of nitrogens with zero attached hydrogens (tertiary/aromatic N) is 1. The molecule has 1 aliphatic heterocycles. The molecule has 0 radical (unpaired) electrons. The van der Waals surface area contributed by atoms with Crippen molar-refractivity contribution in [2.45, 2.75) is 13.0 Å². The third kappa shape index (κ3) is 5.44. The number of quaternary nitrogens is 1. The van der Waals surface area contributed by atoms with Gasteiger partial charge in [-0.25, -0.2) is 0 Å². The van der Waals surface area contributed by atoms with Gasteiger partial charge in [0.25, 0.3) is 0 Å². The van der Waals surface area contributed by atoms with Crippen LogP contribution in [0.3, 0.4) is 0 Å². The fourth-order valence-corrected chi connectivity index (χ4v) is 3.00. The van der Waals surface area contributed by atoms with Crippen molar-refractivity contribution in [3.63, 3.8) is 0 Å². The molecule has 138 valence electrons. The molecule has 1 aliphatic rings. The molecule has 7 nitrogen and oxygen atoms in total. The predicted octanol–water partition coefficient (Wildman–Crippen LogP) is -1.04. The summed E-state index contributed by atoms with van der Waals surface area (Å²) in [4.78, 5) is 27.0. The largest absolute Gasteiger partial charge is 0.378 e. The summed E-state index contributed by atoms with van der Waals surface area (Å²) in [5.41, 5.74) is 2.28. The first-order valence-corrected chi connectivity index (χ1v) is 8.78. The monoisotopic (exact) mass is 349 g/mol. The van der Waals surface area contributed by atoms with Crippen LogP contribution in [0.5, 0.6) is 0 Å². The summed E-state index contributed by atoms with van der Waals surface area (Å²) in [5.74, 6) is -1.16. The lowest BCUT2D eigenvalue weighted by Crippen LogP contribution is -3.15. The minimum absolute atomic E-state index is 0.0958. The van der Waals surface area contributed by atoms with E-state index < -0.39 is 11.8 Å². The molecule has 0 bridgehead atoms. The first-order valence-electron chi connectivity index (χ1n) is 8.78. The topological polar surface area (TPSA) is 75.1 Å². The van der Waals surface area contributed by atoms with Crippen LogP contribution in [0.1, 0.15) is 18.5 Å². The first kappa shape index (κ1) is 19.2. The van der Waals surface area contributed by atoms with Crippen LogP contribution in [-0.2, 0) is 14.3 Å². The molecular weight excluding hydrogens is 320 g/mol. The number of benzene rings is 1. The number of morpholine rings is 1. The maximum Gasteiger partial charge on any atom is 0.309 e. The number of carbonyl (C=O) groups excluding carboxylic acids is 2. The van der Waals surface area contributed by atoms with Gasteiger partial charge in [0.05, 0.1) is 19.8 Å². The van der Waals surface area contributed by atoms with Crippen LogP contribution in [0.25, 0.3) is 0 Å². The molecule has 1 saturated heterocycles. The Morgan fingerprint density at radius 3 is 2.28 bits per heavy atom. The minimum Gasteiger partial charge on any atom is -0.378 e. The average Bonchev–Trinajstić information content (AvgIpc) is 2.63. The van der Waals surface area contributed by atoms with Gasteiger partial charge in [0, 0.05) is 31.9 Å². The Morgan fingerprint density at radius 2 is 1.72 bits per heavy atom. The highest BCUT2D eigenvalue weighted by Gasteiger charge is 2.27. The third-order valence-corrected chi connectivity index (χ3v) is 4.45. The molecule has 25 heavy (non-hydrogen) atoms. The molecule has 0 aliphatic carbocycles. The van der Waals surface area contributed by atoms with Crippen LogP contribution in [0.2, 0.25) is 0 Å². The highest BCUT2D eigenvalue weighted by molar-refractivity contribution is 6.35. The van der Waals surface area contributed by atoms with Gasteiger partial charge in [-0.05, 0) is 19.1 Å². The zero-order valence-corrected chi connectivity index (χ0v) is 15.3. The second-order valence-corrected chi connectivity index (χ2v) is 6.38. The Kier molecular flexibility index (Phi) is 7.21. The standard InChI is InChI=1S/C18H28N4O3/c1-4-19-17(23)18(24)20-13-16(22-9-11-25-12-10-22)14-5-7-15(8-6-14)21(2)3/h5-8,16H,4,9-13H2,1-3H3,(H,19,23)(H,20,24)/p+1/t16-/m0/s1. The number of carbonyl (C=O) groups is 2. The molecule has 0 spiro atoms. The number of ether oxygens (including phenoxy) is 1. The van der Waals surface area contributed by atoms with Crippen molar-refractivity contribution in [1.82, 2.24) is 10.6 Å². The second kappa shape index (κ2) is 9.39. The van der Waals surface area contributed by atoms with Gasteiger partial charge >= 0.3 is 11.8 Å². The molecule has 0 unspecified atom stereocenters. The summed E-state index contributed by atoms with van der Waals surface area (Å²) in [6.45, 7) is 5.85. The number of hydrogen-bond donors (Lipinski definition) is 3. The Labute approximate surface area is 149 Å². The van der Waals surface area contributed by atoms with E-state index in [1.54, 1.807) is 6.92 Å². The normalized spacial score (nSPS) is 16.1. The van der Waals surface area contributed by atoms with E-state index in [9.17, 15) is 9.59 Å². The zero-order chi connectivity index (χ0) is 18.2. The summed E-state index contributed by atoms with van der Waals surface area (Å²) in [5, 5.41) is 5.30. The van der Waals surface area contributed by atoms with Gasteiger partial charge in [0.15, 0.2) is 0 Å². The number of rotatable bonds is 6. The molecule has 1 aromatic carbocycles. The highest BCUT2D eigenvalue weighted by atomic mass is 16.5. The van der Waals surface area contributed by atoms with Crippen molar-refractivity contribution in [1.29, 1.82) is 0 Å². The minimum atomic E-state index is -0.582. The Balaban J connectivity index is 2.09. The van der Waals surface area contributed by atoms with Gasteiger partial charge in [-0.3, -0.25) is 9.59 Å². The van der Waals surface area contributed by atoms with Gasteiger partial charge in [-0.1, -0.05) is 12.1 Å². The summed E-state index contributed by atoms with van der Waals surface area (Å²) in [6.07, 6.45) is 0. The summed E-state index contributed by atoms with van der Waals surface area (Å²) >= 11 is 0. The summed E-state index contributed by atoms with van der Waals surface area (Å²) in [7, 11) is 4.01. The Bertz CT molecular complexity index is 568. The van der Waals surface area contributed by atoms with Gasteiger partial charge in [-0.2, -0.15) is 0 Å². The van der Waals surface area contributed by atoms with E-state index in [-0.39, 0.29) is 6.04 Å². The van der Waals surface area contributed by atoms with Crippen LogP contribution in [-0.4, -0.2) is 65.3 Å². The zero-order valence-electron chi connectivity index (χ0n) is 15.3. The maximum atomic E-state index is 11.9. The fraction of sp³-hybridized carbons (Fsp3) is 0.556. The molecule has 3 N–H and O–H groups in total. The van der Waals surface area contributed by atoms with Crippen LogP contribution >= 0.6 is 0 Å². The lowest BCUT2D eigenvalue weighted by molar-refractivity contribution is -0.937. The number of likely N-dealkylation sites (N-methyl/N-ethyl adjacent to an activating group) is 1. The number of amides is 2. The van der Waals surface area contributed by atoms with Crippen molar-refractivity contribution in [2.24, 2.45) is 0 Å². The van der Waals surface area contributed by atoms with Gasteiger partial charge in [-0.15, -0.1) is 0 Å². The summed E-state index contributed by atoms with van der Waals surface area (Å²) < 4.78 is 5.45. The molecule has 1 aromatic rings. The lowest BCUT2D eigenvalue weighted by Gasteiger charge is -2.32. The van der Waals surface area contributed by atoms with Crippen LogP contribution in [0.4, 0.5) is 5.69 Å². The third-order valence-electron chi connectivity index (χ3n) is 4.45. The van der Waals surface area contributed by atoms with Crippen molar-refractivity contribution >= 4 is 17.5 Å². The molecule has 7 heteroatoms. The molecule has 1 heterocycles. The summed E-state index contributed by atoms with van der Waals surface area (Å²) in [6, 6.07) is 8.45. The van der Waals surface area contributed by atoms with E-state index >= 15 is 0 Å². The van der Waals surface area contributed by atoms with E-state index in [0.717, 1.165) is 24.3 Å². The first-order chi connectivity index (χ1) is 12.0. The predicted molar refractivity (Wildman–Crippen MR) is 96.7 cm³/mol. The Hall–Kier alpha value is -2.12. The maximum absolute atomic E-state index is 11.9. The van der Waals surface area contributed by atoms with E-state index in [0.29, 0.717) is 26.3 Å².